The second-order valence-corrected chi connectivity index (χ2v) is 3.57. The number of hydrogen-bond acceptors (Lipinski definition) is 2. The van der Waals surface area contributed by atoms with Crippen LogP contribution in [0.3, 0.4) is 0 Å². The van der Waals surface area contributed by atoms with Crippen molar-refractivity contribution in [3.63, 3.8) is 0 Å². The highest BCUT2D eigenvalue weighted by molar-refractivity contribution is 5.95. The third-order valence-electron chi connectivity index (χ3n) is 2.24. The summed E-state index contributed by atoms with van der Waals surface area (Å²) in [6.45, 7) is 2.26. The molecule has 1 aromatic rings. The van der Waals surface area contributed by atoms with Gasteiger partial charge in [0, 0.05) is 18.5 Å². The Morgan fingerprint density at radius 1 is 1.31 bits per heavy atom. The van der Waals surface area contributed by atoms with E-state index in [9.17, 15) is 9.59 Å². The van der Waals surface area contributed by atoms with Crippen LogP contribution in [-0.4, -0.2) is 23.5 Å². The maximum Gasteiger partial charge on any atom is 0.303 e. The number of carboxylic acid groups (broad SMARTS) is 1. The fraction of sp³-hybridized carbons (Fsp3) is 0.333. The van der Waals surface area contributed by atoms with Gasteiger partial charge in [0.05, 0.1) is 0 Å². The highest BCUT2D eigenvalue weighted by Crippen LogP contribution is 2.06. The van der Waals surface area contributed by atoms with Crippen LogP contribution < -0.4 is 5.32 Å². The van der Waals surface area contributed by atoms with E-state index >= 15 is 0 Å². The highest BCUT2D eigenvalue weighted by atomic mass is 16.4. The zero-order chi connectivity index (χ0) is 12.0. The van der Waals surface area contributed by atoms with Crippen molar-refractivity contribution < 1.29 is 14.7 Å². The van der Waals surface area contributed by atoms with Crippen molar-refractivity contribution >= 4 is 11.9 Å². The van der Waals surface area contributed by atoms with Crippen LogP contribution in [0.4, 0.5) is 0 Å². The van der Waals surface area contributed by atoms with Crippen molar-refractivity contribution in [1.29, 1.82) is 0 Å². The van der Waals surface area contributed by atoms with Gasteiger partial charge in [-0.05, 0) is 25.0 Å². The molecule has 4 nitrogen and oxygen atoms in total. The minimum Gasteiger partial charge on any atom is -0.481 e. The van der Waals surface area contributed by atoms with Crippen LogP contribution in [0.1, 0.15) is 28.8 Å². The van der Waals surface area contributed by atoms with Gasteiger partial charge in [0.15, 0.2) is 0 Å². The Balaban J connectivity index is 2.41. The first-order valence-electron chi connectivity index (χ1n) is 5.17. The van der Waals surface area contributed by atoms with Gasteiger partial charge in [0.1, 0.15) is 0 Å². The molecule has 0 heterocycles. The Hall–Kier alpha value is -1.84. The minimum atomic E-state index is -0.842. The van der Waals surface area contributed by atoms with Crippen molar-refractivity contribution in [1.82, 2.24) is 5.32 Å². The lowest BCUT2D eigenvalue weighted by Crippen LogP contribution is -2.25. The molecular formula is C12H15NO3. The molecule has 1 aromatic carbocycles. The molecule has 0 aromatic heterocycles. The van der Waals surface area contributed by atoms with Gasteiger partial charge in [0.25, 0.3) is 5.91 Å². The van der Waals surface area contributed by atoms with Crippen LogP contribution in [0.15, 0.2) is 24.3 Å². The van der Waals surface area contributed by atoms with Crippen molar-refractivity contribution in [2.24, 2.45) is 0 Å². The first-order chi connectivity index (χ1) is 7.61. The van der Waals surface area contributed by atoms with E-state index in [0.717, 1.165) is 5.56 Å². The minimum absolute atomic E-state index is 0.0774. The number of carboxylic acids is 1. The fourth-order valence-electron chi connectivity index (χ4n) is 1.36. The summed E-state index contributed by atoms with van der Waals surface area (Å²) in [5.74, 6) is -0.992. The third kappa shape index (κ3) is 3.73. The maximum absolute atomic E-state index is 11.7. The molecule has 0 saturated heterocycles. The second kappa shape index (κ2) is 5.90. The van der Waals surface area contributed by atoms with Crippen molar-refractivity contribution in [2.75, 3.05) is 6.54 Å². The van der Waals surface area contributed by atoms with Crippen LogP contribution in [0.25, 0.3) is 0 Å². The summed E-state index contributed by atoms with van der Waals surface area (Å²) in [4.78, 5) is 21.9. The lowest BCUT2D eigenvalue weighted by Gasteiger charge is -2.06. The third-order valence-corrected chi connectivity index (χ3v) is 2.24. The molecule has 1 rings (SSSR count). The Labute approximate surface area is 94.3 Å². The molecule has 0 spiro atoms. The van der Waals surface area contributed by atoms with E-state index in [-0.39, 0.29) is 12.3 Å². The Kier molecular flexibility index (Phi) is 4.51. The zero-order valence-electron chi connectivity index (χ0n) is 9.19. The van der Waals surface area contributed by atoms with Gasteiger partial charge in [0.2, 0.25) is 0 Å². The van der Waals surface area contributed by atoms with Crippen molar-refractivity contribution in [2.45, 2.75) is 19.8 Å². The van der Waals surface area contributed by atoms with E-state index in [0.29, 0.717) is 18.5 Å². The number of carbonyl (C=O) groups is 2. The summed E-state index contributed by atoms with van der Waals surface area (Å²) < 4.78 is 0. The Morgan fingerprint density at radius 3 is 2.62 bits per heavy atom. The van der Waals surface area contributed by atoms with Crippen molar-refractivity contribution in [3.8, 4) is 0 Å². The van der Waals surface area contributed by atoms with E-state index in [4.69, 9.17) is 5.11 Å². The van der Waals surface area contributed by atoms with E-state index in [2.05, 4.69) is 5.32 Å². The quantitative estimate of drug-likeness (QED) is 0.742. The number of amides is 1. The fourth-order valence-corrected chi connectivity index (χ4v) is 1.36. The molecule has 0 aliphatic rings. The molecular weight excluding hydrogens is 206 g/mol. The van der Waals surface area contributed by atoms with Gasteiger partial charge in [-0.2, -0.15) is 0 Å². The van der Waals surface area contributed by atoms with Gasteiger partial charge in [-0.3, -0.25) is 9.59 Å². The van der Waals surface area contributed by atoms with Gasteiger partial charge in [-0.15, -0.1) is 0 Å². The monoisotopic (exact) mass is 221 g/mol. The number of carbonyl (C=O) groups excluding carboxylic acids is 1. The molecule has 2 N–H and O–H groups in total. The van der Waals surface area contributed by atoms with Gasteiger partial charge in [-0.25, -0.2) is 0 Å². The smallest absolute Gasteiger partial charge is 0.303 e. The molecule has 86 valence electrons. The summed E-state index contributed by atoms with van der Waals surface area (Å²) in [6.07, 6.45) is 0.529. The lowest BCUT2D eigenvalue weighted by atomic mass is 10.1. The molecule has 4 heteroatoms. The summed E-state index contributed by atoms with van der Waals surface area (Å²) in [6, 6.07) is 7.30. The number of nitrogens with one attached hydrogen (secondary N) is 1. The van der Waals surface area contributed by atoms with Crippen LogP contribution >= 0.6 is 0 Å². The summed E-state index contributed by atoms with van der Waals surface area (Å²) in [5.41, 5.74) is 1.55. The molecule has 1 amide bonds. The lowest BCUT2D eigenvalue weighted by molar-refractivity contribution is -0.137. The molecule has 0 unspecified atom stereocenters. The number of rotatable bonds is 5. The average Bonchev–Trinajstić information content (AvgIpc) is 2.24. The van der Waals surface area contributed by atoms with Crippen LogP contribution in [0.5, 0.6) is 0 Å². The van der Waals surface area contributed by atoms with Gasteiger partial charge in [-0.1, -0.05) is 18.2 Å². The van der Waals surface area contributed by atoms with Crippen LogP contribution in [0, 0.1) is 6.92 Å². The number of benzene rings is 1. The molecule has 0 bridgehead atoms. The molecule has 0 atom stereocenters. The Morgan fingerprint density at radius 2 is 2.00 bits per heavy atom. The number of aryl methyl sites for hydroxylation is 1. The predicted octanol–water partition coefficient (Wildman–Crippen LogP) is 1.59. The summed E-state index contributed by atoms with van der Waals surface area (Å²) in [7, 11) is 0. The molecule has 0 fully saturated rings. The standard InChI is InChI=1S/C12H15NO3/c1-9-5-2-3-6-10(9)12(16)13-8-4-7-11(14)15/h2-3,5-6H,4,7-8H2,1H3,(H,13,16)(H,14,15). The SMILES string of the molecule is Cc1ccccc1C(=O)NCCCC(=O)O. The second-order valence-electron chi connectivity index (χ2n) is 3.57. The average molecular weight is 221 g/mol. The first kappa shape index (κ1) is 12.2. The molecule has 0 radical (unpaired) electrons. The molecule has 16 heavy (non-hydrogen) atoms. The van der Waals surface area contributed by atoms with Crippen LogP contribution in [-0.2, 0) is 4.79 Å². The summed E-state index contributed by atoms with van der Waals surface area (Å²) >= 11 is 0. The van der Waals surface area contributed by atoms with E-state index < -0.39 is 5.97 Å². The zero-order valence-corrected chi connectivity index (χ0v) is 9.19. The van der Waals surface area contributed by atoms with E-state index in [1.165, 1.54) is 0 Å². The van der Waals surface area contributed by atoms with Gasteiger partial charge >= 0.3 is 5.97 Å². The van der Waals surface area contributed by atoms with Crippen molar-refractivity contribution in [3.05, 3.63) is 35.4 Å². The van der Waals surface area contributed by atoms with Crippen LogP contribution in [0.2, 0.25) is 0 Å². The van der Waals surface area contributed by atoms with E-state index in [1.807, 2.05) is 19.1 Å². The molecule has 0 aliphatic heterocycles. The first-order valence-corrected chi connectivity index (χ1v) is 5.17. The molecule has 0 aliphatic carbocycles. The van der Waals surface area contributed by atoms with E-state index in [1.54, 1.807) is 12.1 Å². The predicted molar refractivity (Wildman–Crippen MR) is 60.4 cm³/mol. The highest BCUT2D eigenvalue weighted by Gasteiger charge is 2.07. The number of aliphatic carboxylic acids is 1. The largest absolute Gasteiger partial charge is 0.481 e. The normalized spacial score (nSPS) is 9.81. The van der Waals surface area contributed by atoms with Gasteiger partial charge < -0.3 is 10.4 Å². The molecule has 0 saturated carbocycles. The topological polar surface area (TPSA) is 66.4 Å². The number of hydrogen-bond donors (Lipinski definition) is 2. The maximum atomic E-state index is 11.7. The summed E-state index contributed by atoms with van der Waals surface area (Å²) in [5, 5.41) is 11.1. The Bertz CT molecular complexity index is 388.